The minimum atomic E-state index is -2.58. The fourth-order valence-corrected chi connectivity index (χ4v) is 9.65. The van der Waals surface area contributed by atoms with Gasteiger partial charge in [0.2, 0.25) is 0 Å². The maximum absolute atomic E-state index is 6.84. The Balaban J connectivity index is 1.76. The van der Waals surface area contributed by atoms with Crippen molar-refractivity contribution in [1.29, 1.82) is 0 Å². The summed E-state index contributed by atoms with van der Waals surface area (Å²) in [6.45, 7) is 13.8. The van der Waals surface area contributed by atoms with E-state index in [0.29, 0.717) is 0 Å². The van der Waals surface area contributed by atoms with Crippen molar-refractivity contribution >= 4 is 29.2 Å². The monoisotopic (exact) mass is 529 g/mol. The zero-order valence-corrected chi connectivity index (χ0v) is 23.5. The molecular weight excluding hydrogens is 498 g/mol. The van der Waals surface area contributed by atoms with Gasteiger partial charge in [-0.1, -0.05) is 0 Å². The van der Waals surface area contributed by atoms with E-state index < -0.39 is 19.4 Å². The van der Waals surface area contributed by atoms with Gasteiger partial charge in [-0.05, 0) is 0 Å². The summed E-state index contributed by atoms with van der Waals surface area (Å²) in [5, 5.41) is 0. The molecule has 2 aliphatic rings. The van der Waals surface area contributed by atoms with Crippen molar-refractivity contribution in [1.82, 2.24) is 0 Å². The Labute approximate surface area is 203 Å². The van der Waals surface area contributed by atoms with E-state index in [2.05, 4.69) is 90.1 Å². The summed E-state index contributed by atoms with van der Waals surface area (Å²) in [5.74, 6) is 0. The third-order valence-electron chi connectivity index (χ3n) is 6.74. The molecule has 0 saturated heterocycles. The van der Waals surface area contributed by atoms with Crippen molar-refractivity contribution < 1.29 is 19.4 Å². The number of hydrogen-bond donors (Lipinski definition) is 0. The van der Waals surface area contributed by atoms with Crippen LogP contribution in [0.25, 0.3) is 12.2 Å². The van der Waals surface area contributed by atoms with Crippen molar-refractivity contribution in [2.75, 3.05) is 0 Å². The quantitative estimate of drug-likeness (QED) is 0.370. The summed E-state index contributed by atoms with van der Waals surface area (Å²) in [7, 11) is 13.7. The third kappa shape index (κ3) is 4.58. The van der Waals surface area contributed by atoms with Crippen LogP contribution in [0.4, 0.5) is 0 Å². The Bertz CT molecular complexity index is 1060. The first kappa shape index (κ1) is 23.5. The molecule has 2 aromatic carbocycles. The van der Waals surface area contributed by atoms with Crippen LogP contribution < -0.4 is 0 Å². The Morgan fingerprint density at radius 3 is 1.84 bits per heavy atom. The summed E-state index contributed by atoms with van der Waals surface area (Å²) in [4.78, 5) is 0. The average Bonchev–Trinajstić information content (AvgIpc) is 3.32. The van der Waals surface area contributed by atoms with E-state index in [1.54, 1.807) is 0 Å². The minimum absolute atomic E-state index is 0.131. The van der Waals surface area contributed by atoms with Crippen LogP contribution >= 0.6 is 17.0 Å². The van der Waals surface area contributed by atoms with Gasteiger partial charge in [0.1, 0.15) is 0 Å². The van der Waals surface area contributed by atoms with Crippen molar-refractivity contribution in [3.05, 3.63) is 80.9 Å². The van der Waals surface area contributed by atoms with Gasteiger partial charge in [0, 0.05) is 0 Å². The molecule has 1 atom stereocenters. The van der Waals surface area contributed by atoms with E-state index in [0.717, 1.165) is 19.3 Å². The average molecular weight is 532 g/mol. The van der Waals surface area contributed by atoms with E-state index in [1.807, 2.05) is 0 Å². The molecule has 0 amide bonds. The predicted octanol–water partition coefficient (Wildman–Crippen LogP) is 8.63. The fraction of sp³-hybridized carbons (Fsp3) is 0.429. The van der Waals surface area contributed by atoms with Crippen molar-refractivity contribution in [2.24, 2.45) is 0 Å². The molecule has 0 bridgehead atoms. The molecule has 0 heterocycles. The maximum atomic E-state index is 6.84. The van der Waals surface area contributed by atoms with Gasteiger partial charge in [-0.15, -0.1) is 0 Å². The topological polar surface area (TPSA) is 0 Å². The van der Waals surface area contributed by atoms with Gasteiger partial charge in [0.05, 0.1) is 0 Å². The van der Waals surface area contributed by atoms with Gasteiger partial charge in [-0.3, -0.25) is 0 Å². The molecule has 163 valence electrons. The molecule has 0 saturated carbocycles. The normalized spacial score (nSPS) is 15.9. The predicted molar refractivity (Wildman–Crippen MR) is 134 cm³/mol. The Hall–Kier alpha value is -0.617. The number of fused-ring (bicyclic) bond motifs is 2. The van der Waals surface area contributed by atoms with Crippen LogP contribution in [0.2, 0.25) is 0 Å². The molecule has 0 fully saturated rings. The van der Waals surface area contributed by atoms with Crippen LogP contribution in [0, 0.1) is 0 Å². The molecule has 2 aromatic rings. The molecule has 3 heteroatoms. The third-order valence-corrected chi connectivity index (χ3v) is 12.4. The number of rotatable bonds is 4. The molecule has 31 heavy (non-hydrogen) atoms. The van der Waals surface area contributed by atoms with Crippen LogP contribution in [0.1, 0.15) is 89.7 Å². The Morgan fingerprint density at radius 2 is 1.29 bits per heavy atom. The first-order valence-electron chi connectivity index (χ1n) is 11.3. The first-order chi connectivity index (χ1) is 14.5. The number of allylic oxidation sites excluding steroid dienone is 2. The Morgan fingerprint density at radius 1 is 0.774 bits per heavy atom. The molecule has 4 rings (SSSR count). The van der Waals surface area contributed by atoms with Gasteiger partial charge < -0.3 is 0 Å². The van der Waals surface area contributed by atoms with Gasteiger partial charge in [0.25, 0.3) is 0 Å². The van der Waals surface area contributed by atoms with Crippen LogP contribution in [-0.4, -0.2) is 0 Å². The second-order valence-electron chi connectivity index (χ2n) is 11.0. The van der Waals surface area contributed by atoms with Crippen molar-refractivity contribution in [3.63, 3.8) is 0 Å². The van der Waals surface area contributed by atoms with Crippen molar-refractivity contribution in [2.45, 2.75) is 75.3 Å². The van der Waals surface area contributed by atoms with E-state index in [-0.39, 0.29) is 14.5 Å². The van der Waals surface area contributed by atoms with Crippen LogP contribution in [-0.2, 0) is 49.5 Å². The molecule has 2 aliphatic carbocycles. The van der Waals surface area contributed by atoms with Gasteiger partial charge in [-0.2, -0.15) is 0 Å². The molecule has 0 aromatic heterocycles. The first-order valence-corrected chi connectivity index (χ1v) is 19.1. The standard InChI is InChI=1S/C28H33.2ClH.Zr/c1-27(2,3)25-17-15-19(21-9-7-11-23(21)25)13-14-20-16-18-26(28(4,5)6)24-12-8-10-22(20)24;;;/h7-8,11-13,15-18H,9-10,14H2,1-6H3;2*1H;/q;;;+2/p-2. The molecule has 0 spiro atoms. The van der Waals surface area contributed by atoms with E-state index in [4.69, 9.17) is 17.0 Å². The van der Waals surface area contributed by atoms with Crippen LogP contribution in [0.3, 0.4) is 0 Å². The zero-order valence-electron chi connectivity index (χ0n) is 19.6. The molecule has 0 N–H and O–H groups in total. The molecule has 1 unspecified atom stereocenters. The van der Waals surface area contributed by atoms with Crippen molar-refractivity contribution in [3.8, 4) is 0 Å². The fourth-order valence-electron chi connectivity index (χ4n) is 5.18. The molecule has 0 nitrogen and oxygen atoms in total. The van der Waals surface area contributed by atoms with Gasteiger partial charge in [-0.25, -0.2) is 0 Å². The summed E-state index contributed by atoms with van der Waals surface area (Å²) in [6.07, 6.45) is 12.2. The zero-order chi connectivity index (χ0) is 22.6. The summed E-state index contributed by atoms with van der Waals surface area (Å²) in [5.41, 5.74) is 11.7. The van der Waals surface area contributed by atoms with E-state index in [1.165, 1.54) is 44.5 Å². The second kappa shape index (κ2) is 8.63. The van der Waals surface area contributed by atoms with Crippen LogP contribution in [0.5, 0.6) is 0 Å². The number of benzene rings is 2. The van der Waals surface area contributed by atoms with Gasteiger partial charge >= 0.3 is 205 Å². The van der Waals surface area contributed by atoms with E-state index >= 15 is 0 Å². The Kier molecular flexibility index (Phi) is 6.55. The summed E-state index contributed by atoms with van der Waals surface area (Å²) in [6, 6.07) is 9.35. The van der Waals surface area contributed by atoms with E-state index in [9.17, 15) is 0 Å². The second-order valence-corrected chi connectivity index (χ2v) is 20.1. The number of hydrogen-bond acceptors (Lipinski definition) is 0. The van der Waals surface area contributed by atoms with Gasteiger partial charge in [0.15, 0.2) is 0 Å². The molecular formula is C28H33Cl2Zr. The summed E-state index contributed by atoms with van der Waals surface area (Å²) < 4.78 is 0.276. The molecule has 0 aliphatic heterocycles. The SMILES string of the molecule is CC(C)(C)c1ccc(C[CH](c2ccc(C(C)(C)C)c3c2CC=C3)[Zr]([Cl])[Cl])c2c1C=CC2. The number of halogens is 2. The summed E-state index contributed by atoms with van der Waals surface area (Å²) >= 11 is -2.58. The van der Waals surface area contributed by atoms with Crippen LogP contribution in [0.15, 0.2) is 36.4 Å². The molecule has 0 radical (unpaired) electrons.